The van der Waals surface area contributed by atoms with Gasteiger partial charge in [0.05, 0.1) is 13.7 Å². The number of hydrogen-bond acceptors (Lipinski definition) is 6. The Balaban J connectivity index is 2.94. The molecule has 3 amide bonds. The van der Waals surface area contributed by atoms with E-state index in [0.717, 1.165) is 12.8 Å². The van der Waals surface area contributed by atoms with E-state index in [1.54, 1.807) is 6.92 Å². The van der Waals surface area contributed by atoms with Crippen LogP contribution < -0.4 is 10.8 Å². The molecule has 0 spiro atoms. The van der Waals surface area contributed by atoms with Gasteiger partial charge in [0.2, 0.25) is 11.4 Å². The van der Waals surface area contributed by atoms with Crippen LogP contribution in [0.5, 0.6) is 11.5 Å². The quantitative estimate of drug-likeness (QED) is 0.0852. The van der Waals surface area contributed by atoms with E-state index in [4.69, 9.17) is 4.84 Å². The normalized spacial score (nSPS) is 11.3. The van der Waals surface area contributed by atoms with Crippen molar-refractivity contribution in [3.8, 4) is 17.6 Å². The number of carbonyl (C=O) groups excluding carboxylic acids is 2. The van der Waals surface area contributed by atoms with Crippen LogP contribution in [0.25, 0.3) is 6.08 Å². The molecule has 10 heteroatoms. The summed E-state index contributed by atoms with van der Waals surface area (Å²) in [5.74, 6) is -1.34. The minimum Gasteiger partial charge on any atom is -0.504 e. The van der Waals surface area contributed by atoms with Gasteiger partial charge < -0.3 is 20.4 Å². The summed E-state index contributed by atoms with van der Waals surface area (Å²) in [6.45, 7) is 4.63. The standard InChI is InChI=1S/C20H27N5O5/c1-4-6-7-22-20(29)23-8-9-25(5-2)19(28)15(13-21)10-14-11-16(24-30-3)18(27)17(26)12-14/h8,10-12,24,26-27H,4-7,9H2,1-3H3,(H,22,29)/p+1/b15-10+,23-8+. The molecule has 1 aromatic rings. The summed E-state index contributed by atoms with van der Waals surface area (Å²) in [5.41, 5.74) is 1.58. The maximum atomic E-state index is 12.7. The van der Waals surface area contributed by atoms with Crippen molar-refractivity contribution in [3.05, 3.63) is 23.3 Å². The Morgan fingerprint density at radius 3 is 2.70 bits per heavy atom. The molecule has 5 N–H and O–H groups in total. The van der Waals surface area contributed by atoms with E-state index < -0.39 is 17.7 Å². The summed E-state index contributed by atoms with van der Waals surface area (Å²) in [6.07, 6.45) is 4.42. The van der Waals surface area contributed by atoms with Gasteiger partial charge in [0.15, 0.2) is 5.75 Å². The summed E-state index contributed by atoms with van der Waals surface area (Å²) in [4.78, 5) is 34.2. The Hall–Kier alpha value is -3.42. The summed E-state index contributed by atoms with van der Waals surface area (Å²) in [7, 11) is 1.38. The molecule has 162 valence electrons. The first kappa shape index (κ1) is 24.6. The number of rotatable bonds is 10. The fourth-order valence-electron chi connectivity index (χ4n) is 2.44. The highest BCUT2D eigenvalue weighted by Gasteiger charge is 2.18. The molecule has 0 heterocycles. The third-order valence-corrected chi connectivity index (χ3v) is 4.03. The second-order valence-corrected chi connectivity index (χ2v) is 6.24. The number of phenols is 2. The number of nitrogens with zero attached hydrogens (tertiary/aromatic N) is 3. The number of urea groups is 1. The molecular formula is C20H28N5O5+. The van der Waals surface area contributed by atoms with Crippen LogP contribution in [0.3, 0.4) is 0 Å². The fourth-order valence-corrected chi connectivity index (χ4v) is 2.44. The molecule has 0 bridgehead atoms. The van der Waals surface area contributed by atoms with Gasteiger partial charge in [-0.1, -0.05) is 13.3 Å². The van der Waals surface area contributed by atoms with Gasteiger partial charge in [-0.15, -0.1) is 0 Å². The molecule has 0 radical (unpaired) electrons. The summed E-state index contributed by atoms with van der Waals surface area (Å²) >= 11 is 0. The first-order chi connectivity index (χ1) is 14.4. The van der Waals surface area contributed by atoms with E-state index in [9.17, 15) is 25.1 Å². The number of amides is 3. The number of aromatic hydroxyl groups is 2. The summed E-state index contributed by atoms with van der Waals surface area (Å²) in [6, 6.07) is 4.05. The minimum atomic E-state index is -0.553. The number of unbranched alkanes of at least 4 members (excludes halogenated alkanes) is 1. The largest absolute Gasteiger partial charge is 0.504 e. The number of quaternary nitrogens is 1. The van der Waals surface area contributed by atoms with Crippen molar-refractivity contribution in [3.63, 3.8) is 0 Å². The van der Waals surface area contributed by atoms with Crippen LogP contribution in [-0.4, -0.2) is 60.0 Å². The topological polar surface area (TPSA) is 152 Å². The van der Waals surface area contributed by atoms with E-state index in [-0.39, 0.29) is 23.6 Å². The van der Waals surface area contributed by atoms with E-state index in [0.29, 0.717) is 18.7 Å². The molecule has 1 rings (SSSR count). The Morgan fingerprint density at radius 2 is 2.10 bits per heavy atom. The van der Waals surface area contributed by atoms with Gasteiger partial charge in [0.1, 0.15) is 11.6 Å². The zero-order valence-electron chi connectivity index (χ0n) is 17.4. The maximum Gasteiger partial charge on any atom is 0.340 e. The monoisotopic (exact) mass is 418 g/mol. The average Bonchev–Trinajstić information content (AvgIpc) is 2.72. The first-order valence-corrected chi connectivity index (χ1v) is 9.51. The van der Waals surface area contributed by atoms with Gasteiger partial charge in [-0.2, -0.15) is 10.7 Å². The van der Waals surface area contributed by atoms with Gasteiger partial charge in [0.25, 0.3) is 5.91 Å². The lowest BCUT2D eigenvalue weighted by Crippen LogP contribution is -2.75. The molecule has 0 aliphatic rings. The van der Waals surface area contributed by atoms with Crippen molar-refractivity contribution in [1.29, 1.82) is 5.26 Å². The number of nitriles is 1. The molecule has 1 aromatic carbocycles. The molecule has 0 fully saturated rings. The highest BCUT2D eigenvalue weighted by molar-refractivity contribution is 6.02. The van der Waals surface area contributed by atoms with Crippen molar-refractivity contribution in [1.82, 2.24) is 10.2 Å². The molecule has 0 atom stereocenters. The SMILES string of the molecule is CCCCNC(=O)/N=C/CN(CC)C(=O)/C(C#N)=C/c1cc(O)c(O)c([NH2+]OC)c1. The number of nitrogens with one attached hydrogen (secondary N) is 1. The lowest BCUT2D eigenvalue weighted by Gasteiger charge is -2.18. The van der Waals surface area contributed by atoms with Crippen molar-refractivity contribution < 1.29 is 30.1 Å². The number of nitrogens with two attached hydrogens (primary N) is 1. The van der Waals surface area contributed by atoms with E-state index in [1.807, 2.05) is 13.0 Å². The highest BCUT2D eigenvalue weighted by atomic mass is 16.6. The summed E-state index contributed by atoms with van der Waals surface area (Å²) < 4.78 is 0. The molecule has 0 aliphatic carbocycles. The molecule has 0 aromatic heterocycles. The smallest absolute Gasteiger partial charge is 0.340 e. The zero-order chi connectivity index (χ0) is 22.5. The van der Waals surface area contributed by atoms with Gasteiger partial charge in [-0.05, 0) is 31.1 Å². The number of likely N-dealkylation sites (N-methyl/N-ethyl adjacent to an activating group) is 1. The second-order valence-electron chi connectivity index (χ2n) is 6.24. The van der Waals surface area contributed by atoms with Crippen molar-refractivity contribution in [2.75, 3.05) is 26.7 Å². The van der Waals surface area contributed by atoms with Gasteiger partial charge in [-0.25, -0.2) is 14.6 Å². The van der Waals surface area contributed by atoms with E-state index >= 15 is 0 Å². The Labute approximate surface area is 175 Å². The number of phenolic OH excluding ortho intramolecular Hbond substituents is 2. The first-order valence-electron chi connectivity index (χ1n) is 9.51. The predicted molar refractivity (Wildman–Crippen MR) is 111 cm³/mol. The van der Waals surface area contributed by atoms with Crippen LogP contribution in [0, 0.1) is 11.3 Å². The third kappa shape index (κ3) is 7.54. The van der Waals surface area contributed by atoms with Gasteiger partial charge in [-0.3, -0.25) is 4.79 Å². The molecule has 0 saturated heterocycles. The van der Waals surface area contributed by atoms with Crippen LogP contribution in [0.1, 0.15) is 32.3 Å². The molecule has 10 nitrogen and oxygen atoms in total. The van der Waals surface area contributed by atoms with E-state index in [1.165, 1.54) is 41.9 Å². The lowest BCUT2D eigenvalue weighted by atomic mass is 10.1. The number of aliphatic imine (C=N–C) groups is 1. The van der Waals surface area contributed by atoms with Crippen LogP contribution in [0.15, 0.2) is 22.7 Å². The molecule has 30 heavy (non-hydrogen) atoms. The minimum absolute atomic E-state index is 0.0546. The third-order valence-electron chi connectivity index (χ3n) is 4.03. The predicted octanol–water partition coefficient (Wildman–Crippen LogP) is 1.19. The van der Waals surface area contributed by atoms with Crippen LogP contribution >= 0.6 is 0 Å². The molecule has 0 unspecified atom stereocenters. The Bertz CT molecular complexity index is 845. The van der Waals surface area contributed by atoms with Crippen LogP contribution in [0.4, 0.5) is 10.5 Å². The second kappa shape index (κ2) is 12.9. The van der Waals surface area contributed by atoms with Crippen molar-refractivity contribution in [2.45, 2.75) is 26.7 Å². The Kier molecular flexibility index (Phi) is 10.6. The Morgan fingerprint density at radius 1 is 1.37 bits per heavy atom. The number of hydrogen-bond donors (Lipinski definition) is 4. The maximum absolute atomic E-state index is 12.7. The van der Waals surface area contributed by atoms with Crippen LogP contribution in [-0.2, 0) is 9.63 Å². The summed E-state index contributed by atoms with van der Waals surface area (Å²) in [5, 5.41) is 31.7. The molecule has 0 saturated carbocycles. The number of carbonyl (C=O) groups is 2. The van der Waals surface area contributed by atoms with E-state index in [2.05, 4.69) is 10.3 Å². The lowest BCUT2D eigenvalue weighted by molar-refractivity contribution is -0.830. The highest BCUT2D eigenvalue weighted by Crippen LogP contribution is 2.32. The molecular weight excluding hydrogens is 390 g/mol. The van der Waals surface area contributed by atoms with Gasteiger partial charge in [0, 0.05) is 25.4 Å². The van der Waals surface area contributed by atoms with Crippen LogP contribution in [0.2, 0.25) is 0 Å². The van der Waals surface area contributed by atoms with Crippen molar-refractivity contribution >= 4 is 29.9 Å². The average molecular weight is 418 g/mol. The zero-order valence-corrected chi connectivity index (χ0v) is 17.4. The number of benzene rings is 1. The van der Waals surface area contributed by atoms with Gasteiger partial charge >= 0.3 is 6.03 Å². The fraction of sp³-hybridized carbons (Fsp3) is 0.400. The molecule has 0 aliphatic heterocycles. The van der Waals surface area contributed by atoms with Crippen molar-refractivity contribution in [2.24, 2.45) is 4.99 Å².